The number of likely N-dealkylation sites (tertiary alicyclic amines) is 1. The summed E-state index contributed by atoms with van der Waals surface area (Å²) in [4.78, 5) is 38.8. The topological polar surface area (TPSA) is 63.7 Å². The third kappa shape index (κ3) is 5.11. The van der Waals surface area contributed by atoms with Crippen LogP contribution in [0.5, 0.6) is 0 Å². The number of nitrogens with zero attached hydrogens (tertiary/aromatic N) is 1. The maximum atomic E-state index is 12.4. The minimum Gasteiger partial charge on any atom is -0.456 e. The number of ether oxygens (including phenoxy) is 1. The van der Waals surface area contributed by atoms with Crippen LogP contribution in [0.4, 0.5) is 0 Å². The van der Waals surface area contributed by atoms with Crippen molar-refractivity contribution >= 4 is 33.5 Å². The summed E-state index contributed by atoms with van der Waals surface area (Å²) in [6.07, 6.45) is 1.45. The number of halogens is 1. The number of carbonyl (C=O) groups is 3. The first-order valence-corrected chi connectivity index (χ1v) is 9.61. The van der Waals surface area contributed by atoms with Gasteiger partial charge in [0.05, 0.1) is 6.54 Å². The Bertz CT molecular complexity index is 820. The molecule has 6 heteroatoms. The highest BCUT2D eigenvalue weighted by Crippen LogP contribution is 2.19. The normalized spacial score (nSPS) is 16.9. The zero-order valence-corrected chi connectivity index (χ0v) is 16.4. The average Bonchev–Trinajstić information content (AvgIpc) is 3.15. The Morgan fingerprint density at radius 1 is 0.963 bits per heavy atom. The molecule has 1 aliphatic heterocycles. The van der Waals surface area contributed by atoms with Crippen LogP contribution in [0, 0.1) is 0 Å². The number of esters is 1. The van der Waals surface area contributed by atoms with E-state index in [1.165, 1.54) is 0 Å². The van der Waals surface area contributed by atoms with Gasteiger partial charge in [-0.3, -0.25) is 19.3 Å². The first-order valence-electron chi connectivity index (χ1n) is 8.82. The van der Waals surface area contributed by atoms with Gasteiger partial charge in [-0.25, -0.2) is 0 Å². The molecule has 140 valence electrons. The van der Waals surface area contributed by atoms with E-state index in [9.17, 15) is 14.4 Å². The molecule has 0 radical (unpaired) electrons. The molecule has 1 fully saturated rings. The Labute approximate surface area is 166 Å². The summed E-state index contributed by atoms with van der Waals surface area (Å²) in [5, 5.41) is 0. The van der Waals surface area contributed by atoms with E-state index in [1.54, 1.807) is 36.4 Å². The molecular weight excluding hydrogens is 410 g/mol. The van der Waals surface area contributed by atoms with E-state index < -0.39 is 12.0 Å². The minimum absolute atomic E-state index is 0.0266. The van der Waals surface area contributed by atoms with Crippen molar-refractivity contribution in [3.05, 3.63) is 70.2 Å². The second-order valence-electron chi connectivity index (χ2n) is 6.46. The standard InChI is InChI=1S/C21H20BrNO4/c22-17-10-8-16(9-11-17)20(25)14-27-21(26)18-7-4-12-23(18)13-19(24)15-5-2-1-3-6-15/h1-3,5-6,8-11,18H,4,7,12-14H2/t18-/m0/s1. The second-order valence-corrected chi connectivity index (χ2v) is 7.37. The Kier molecular flexibility index (Phi) is 6.53. The van der Waals surface area contributed by atoms with E-state index in [1.807, 2.05) is 23.1 Å². The summed E-state index contributed by atoms with van der Waals surface area (Å²) in [7, 11) is 0. The lowest BCUT2D eigenvalue weighted by Gasteiger charge is -2.22. The van der Waals surface area contributed by atoms with Crippen LogP contribution < -0.4 is 0 Å². The number of rotatable bonds is 7. The maximum absolute atomic E-state index is 12.4. The SMILES string of the molecule is O=C(COC(=O)[C@@H]1CCCN1CC(=O)c1ccccc1)c1ccc(Br)cc1. The molecule has 3 rings (SSSR count). The Hall–Kier alpha value is -2.31. The lowest BCUT2D eigenvalue weighted by Crippen LogP contribution is -2.40. The minimum atomic E-state index is -0.476. The quantitative estimate of drug-likeness (QED) is 0.497. The van der Waals surface area contributed by atoms with Crippen LogP contribution in [0.25, 0.3) is 0 Å². The van der Waals surface area contributed by atoms with Crippen molar-refractivity contribution in [3.63, 3.8) is 0 Å². The first-order chi connectivity index (χ1) is 13.0. The predicted molar refractivity (Wildman–Crippen MR) is 105 cm³/mol. The molecule has 1 atom stereocenters. The zero-order valence-electron chi connectivity index (χ0n) is 14.8. The molecule has 5 nitrogen and oxygen atoms in total. The summed E-state index contributed by atoms with van der Waals surface area (Å²) in [6, 6.07) is 15.4. The largest absolute Gasteiger partial charge is 0.456 e. The van der Waals surface area contributed by atoms with Gasteiger partial charge in [-0.15, -0.1) is 0 Å². The summed E-state index contributed by atoms with van der Waals surface area (Å²) in [5.41, 5.74) is 1.12. The Morgan fingerprint density at radius 3 is 2.33 bits per heavy atom. The highest BCUT2D eigenvalue weighted by atomic mass is 79.9. The highest BCUT2D eigenvalue weighted by molar-refractivity contribution is 9.10. The van der Waals surface area contributed by atoms with Crippen LogP contribution in [0.3, 0.4) is 0 Å². The van der Waals surface area contributed by atoms with Gasteiger partial charge in [0, 0.05) is 15.6 Å². The van der Waals surface area contributed by atoms with Crippen molar-refractivity contribution in [3.8, 4) is 0 Å². The molecule has 0 saturated carbocycles. The van der Waals surface area contributed by atoms with Gasteiger partial charge in [0.1, 0.15) is 6.04 Å². The monoisotopic (exact) mass is 429 g/mol. The van der Waals surface area contributed by atoms with Crippen LogP contribution >= 0.6 is 15.9 Å². The third-order valence-electron chi connectivity index (χ3n) is 4.59. The van der Waals surface area contributed by atoms with Crippen molar-refractivity contribution in [1.29, 1.82) is 0 Å². The van der Waals surface area contributed by atoms with Gasteiger partial charge in [-0.05, 0) is 31.5 Å². The lowest BCUT2D eigenvalue weighted by molar-refractivity contribution is -0.147. The Balaban J connectivity index is 1.54. The van der Waals surface area contributed by atoms with Gasteiger partial charge in [0.2, 0.25) is 0 Å². The second kappa shape index (κ2) is 9.06. The average molecular weight is 430 g/mol. The molecule has 1 heterocycles. The fourth-order valence-electron chi connectivity index (χ4n) is 3.13. The first kappa shape index (κ1) is 19.5. The zero-order chi connectivity index (χ0) is 19.2. The van der Waals surface area contributed by atoms with Gasteiger partial charge >= 0.3 is 5.97 Å². The van der Waals surface area contributed by atoms with Gasteiger partial charge in [0.25, 0.3) is 0 Å². The molecular formula is C21H20BrNO4. The van der Waals surface area contributed by atoms with Gasteiger partial charge in [0.15, 0.2) is 18.2 Å². The number of benzene rings is 2. The number of hydrogen-bond acceptors (Lipinski definition) is 5. The van der Waals surface area contributed by atoms with Gasteiger partial charge in [-0.2, -0.15) is 0 Å². The van der Waals surface area contributed by atoms with Gasteiger partial charge < -0.3 is 4.74 Å². The lowest BCUT2D eigenvalue weighted by atomic mass is 10.1. The van der Waals surface area contributed by atoms with Crippen molar-refractivity contribution in [2.75, 3.05) is 19.7 Å². The molecule has 1 aliphatic rings. The van der Waals surface area contributed by atoms with Crippen LogP contribution in [0.1, 0.15) is 33.6 Å². The van der Waals surface area contributed by atoms with E-state index in [2.05, 4.69) is 15.9 Å². The predicted octanol–water partition coefficient (Wildman–Crippen LogP) is 3.52. The number of hydrogen-bond donors (Lipinski definition) is 0. The molecule has 0 spiro atoms. The Morgan fingerprint density at radius 2 is 1.63 bits per heavy atom. The fraction of sp³-hybridized carbons (Fsp3) is 0.286. The molecule has 1 saturated heterocycles. The van der Waals surface area contributed by atoms with Crippen LogP contribution in [0.15, 0.2) is 59.1 Å². The van der Waals surface area contributed by atoms with Crippen LogP contribution in [-0.2, 0) is 9.53 Å². The molecule has 0 aliphatic carbocycles. The number of Topliss-reactive ketones (excluding diaryl/α,β-unsaturated/α-hetero) is 2. The van der Waals surface area contributed by atoms with Crippen molar-refractivity contribution in [2.45, 2.75) is 18.9 Å². The number of ketones is 2. The van der Waals surface area contributed by atoms with E-state index in [0.717, 1.165) is 10.9 Å². The van der Waals surface area contributed by atoms with E-state index in [0.29, 0.717) is 24.1 Å². The third-order valence-corrected chi connectivity index (χ3v) is 5.12. The molecule has 0 aromatic heterocycles. The molecule has 27 heavy (non-hydrogen) atoms. The molecule has 0 amide bonds. The van der Waals surface area contributed by atoms with E-state index in [4.69, 9.17) is 4.74 Å². The van der Waals surface area contributed by atoms with Crippen LogP contribution in [0.2, 0.25) is 0 Å². The summed E-state index contributed by atoms with van der Waals surface area (Å²) in [6.45, 7) is 0.543. The molecule has 0 bridgehead atoms. The molecule has 0 N–H and O–H groups in total. The summed E-state index contributed by atoms with van der Waals surface area (Å²) in [5.74, 6) is -0.721. The molecule has 0 unspecified atom stereocenters. The maximum Gasteiger partial charge on any atom is 0.323 e. The fourth-order valence-corrected chi connectivity index (χ4v) is 3.40. The highest BCUT2D eigenvalue weighted by Gasteiger charge is 2.33. The van der Waals surface area contributed by atoms with Gasteiger partial charge in [-0.1, -0.05) is 58.4 Å². The summed E-state index contributed by atoms with van der Waals surface area (Å²) >= 11 is 3.31. The van der Waals surface area contributed by atoms with Crippen molar-refractivity contribution in [1.82, 2.24) is 4.90 Å². The van der Waals surface area contributed by atoms with E-state index >= 15 is 0 Å². The van der Waals surface area contributed by atoms with Crippen molar-refractivity contribution in [2.24, 2.45) is 0 Å². The van der Waals surface area contributed by atoms with E-state index in [-0.39, 0.29) is 24.7 Å². The number of carbonyl (C=O) groups excluding carboxylic acids is 3. The summed E-state index contributed by atoms with van der Waals surface area (Å²) < 4.78 is 6.11. The van der Waals surface area contributed by atoms with Crippen LogP contribution in [-0.4, -0.2) is 48.2 Å². The van der Waals surface area contributed by atoms with Crippen molar-refractivity contribution < 1.29 is 19.1 Å². The molecule has 2 aromatic rings. The molecule has 2 aromatic carbocycles. The smallest absolute Gasteiger partial charge is 0.323 e.